The number of allylic oxidation sites excluding steroid dienone is 1. The lowest BCUT2D eigenvalue weighted by atomic mass is 10.1. The zero-order valence-electron chi connectivity index (χ0n) is 15.5. The number of anilines is 1. The van der Waals surface area contributed by atoms with Crippen molar-refractivity contribution in [3.05, 3.63) is 60.4 Å². The Bertz CT molecular complexity index is 920. The SMILES string of the molecule is C=CCc1c(C)nc2c(-c3ccccc3)cnn2c1N1CCN(C)CC1. The maximum absolute atomic E-state index is 4.92. The van der Waals surface area contributed by atoms with E-state index in [1.807, 2.05) is 22.9 Å². The highest BCUT2D eigenvalue weighted by atomic mass is 15.4. The van der Waals surface area contributed by atoms with E-state index in [-0.39, 0.29) is 0 Å². The molecule has 0 saturated carbocycles. The van der Waals surface area contributed by atoms with Crippen LogP contribution in [0.15, 0.2) is 49.2 Å². The molecule has 3 heterocycles. The van der Waals surface area contributed by atoms with Crippen molar-refractivity contribution in [3.8, 4) is 11.1 Å². The number of piperazine rings is 1. The number of fused-ring (bicyclic) bond motifs is 1. The van der Waals surface area contributed by atoms with Crippen LogP contribution in [0.4, 0.5) is 5.82 Å². The van der Waals surface area contributed by atoms with Crippen LogP contribution >= 0.6 is 0 Å². The molecule has 26 heavy (non-hydrogen) atoms. The van der Waals surface area contributed by atoms with Crippen molar-refractivity contribution in [1.29, 1.82) is 0 Å². The summed E-state index contributed by atoms with van der Waals surface area (Å²) in [7, 11) is 2.18. The number of hydrogen-bond donors (Lipinski definition) is 0. The van der Waals surface area contributed by atoms with Gasteiger partial charge in [0.25, 0.3) is 0 Å². The number of aryl methyl sites for hydroxylation is 1. The van der Waals surface area contributed by atoms with Crippen LogP contribution in [0.1, 0.15) is 11.3 Å². The van der Waals surface area contributed by atoms with Gasteiger partial charge in [0, 0.05) is 43.0 Å². The van der Waals surface area contributed by atoms with Gasteiger partial charge < -0.3 is 9.80 Å². The van der Waals surface area contributed by atoms with Crippen molar-refractivity contribution >= 4 is 11.5 Å². The third-order valence-electron chi connectivity index (χ3n) is 5.16. The highest BCUT2D eigenvalue weighted by Crippen LogP contribution is 2.31. The average Bonchev–Trinajstić information content (AvgIpc) is 3.07. The van der Waals surface area contributed by atoms with E-state index < -0.39 is 0 Å². The van der Waals surface area contributed by atoms with Crippen molar-refractivity contribution in [2.45, 2.75) is 13.3 Å². The molecule has 1 aliphatic heterocycles. The summed E-state index contributed by atoms with van der Waals surface area (Å²) >= 11 is 0. The second kappa shape index (κ2) is 6.92. The Balaban J connectivity index is 1.91. The van der Waals surface area contributed by atoms with Gasteiger partial charge in [-0.1, -0.05) is 36.4 Å². The summed E-state index contributed by atoms with van der Waals surface area (Å²) in [6.07, 6.45) is 4.70. The third-order valence-corrected chi connectivity index (χ3v) is 5.16. The second-order valence-electron chi connectivity index (χ2n) is 6.94. The van der Waals surface area contributed by atoms with Gasteiger partial charge >= 0.3 is 0 Å². The molecule has 5 nitrogen and oxygen atoms in total. The smallest absolute Gasteiger partial charge is 0.165 e. The number of nitrogens with zero attached hydrogens (tertiary/aromatic N) is 5. The zero-order valence-corrected chi connectivity index (χ0v) is 15.5. The van der Waals surface area contributed by atoms with Gasteiger partial charge in [0.15, 0.2) is 5.65 Å². The molecule has 0 spiro atoms. The minimum Gasteiger partial charge on any atom is -0.354 e. The molecule has 1 fully saturated rings. The maximum Gasteiger partial charge on any atom is 0.165 e. The molecule has 0 bridgehead atoms. The molecule has 0 aliphatic carbocycles. The molecular weight excluding hydrogens is 322 g/mol. The summed E-state index contributed by atoms with van der Waals surface area (Å²) in [5, 5.41) is 4.74. The number of aromatic nitrogens is 3. The standard InChI is InChI=1S/C21H25N5/c1-4-8-18-16(2)23-20-19(17-9-6-5-7-10-17)15-22-26(20)21(18)25-13-11-24(3)12-14-25/h4-7,9-10,15H,1,8,11-14H2,2-3H3. The Morgan fingerprint density at radius 1 is 1.12 bits per heavy atom. The molecule has 0 N–H and O–H groups in total. The fraction of sp³-hybridized carbons (Fsp3) is 0.333. The normalized spacial score (nSPS) is 15.5. The lowest BCUT2D eigenvalue weighted by molar-refractivity contribution is 0.311. The third kappa shape index (κ3) is 2.88. The Labute approximate surface area is 154 Å². The highest BCUT2D eigenvalue weighted by Gasteiger charge is 2.23. The maximum atomic E-state index is 4.92. The van der Waals surface area contributed by atoms with Gasteiger partial charge in [-0.05, 0) is 26.0 Å². The van der Waals surface area contributed by atoms with Gasteiger partial charge in [-0.2, -0.15) is 9.61 Å². The second-order valence-corrected chi connectivity index (χ2v) is 6.94. The zero-order chi connectivity index (χ0) is 18.1. The van der Waals surface area contributed by atoms with Gasteiger partial charge in [-0.25, -0.2) is 4.98 Å². The Morgan fingerprint density at radius 2 is 1.85 bits per heavy atom. The summed E-state index contributed by atoms with van der Waals surface area (Å²) < 4.78 is 2.03. The van der Waals surface area contributed by atoms with Crippen LogP contribution < -0.4 is 4.90 Å². The molecule has 134 valence electrons. The molecule has 0 unspecified atom stereocenters. The molecule has 4 rings (SSSR count). The lowest BCUT2D eigenvalue weighted by Crippen LogP contribution is -2.45. The predicted molar refractivity (Wildman–Crippen MR) is 107 cm³/mol. The number of hydrogen-bond acceptors (Lipinski definition) is 4. The molecule has 2 aromatic heterocycles. The van der Waals surface area contributed by atoms with Crippen molar-refractivity contribution in [1.82, 2.24) is 19.5 Å². The van der Waals surface area contributed by atoms with Crippen molar-refractivity contribution < 1.29 is 0 Å². The summed E-state index contributed by atoms with van der Waals surface area (Å²) in [5.74, 6) is 1.17. The van der Waals surface area contributed by atoms with Crippen LogP contribution in [0, 0.1) is 6.92 Å². The number of likely N-dealkylation sites (N-methyl/N-ethyl adjacent to an activating group) is 1. The van der Waals surface area contributed by atoms with E-state index in [4.69, 9.17) is 10.1 Å². The van der Waals surface area contributed by atoms with Crippen LogP contribution in [0.3, 0.4) is 0 Å². The minimum absolute atomic E-state index is 0.803. The topological polar surface area (TPSA) is 36.7 Å². The molecule has 1 aromatic carbocycles. The van der Waals surface area contributed by atoms with Gasteiger partial charge in [0.1, 0.15) is 5.82 Å². The van der Waals surface area contributed by atoms with Gasteiger partial charge in [-0.15, -0.1) is 6.58 Å². The van der Waals surface area contributed by atoms with E-state index in [9.17, 15) is 0 Å². The summed E-state index contributed by atoms with van der Waals surface area (Å²) in [6, 6.07) is 10.4. The van der Waals surface area contributed by atoms with Crippen LogP contribution in [-0.2, 0) is 6.42 Å². The van der Waals surface area contributed by atoms with Crippen LogP contribution in [0.2, 0.25) is 0 Å². The molecular formula is C21H25N5. The van der Waals surface area contributed by atoms with Crippen LogP contribution in [0.25, 0.3) is 16.8 Å². The fourth-order valence-electron chi connectivity index (χ4n) is 3.67. The van der Waals surface area contributed by atoms with Gasteiger partial charge in [-0.3, -0.25) is 0 Å². The molecule has 0 radical (unpaired) electrons. The Morgan fingerprint density at radius 3 is 2.54 bits per heavy atom. The van der Waals surface area contributed by atoms with E-state index in [1.165, 1.54) is 11.4 Å². The Hall–Kier alpha value is -2.66. The van der Waals surface area contributed by atoms with E-state index >= 15 is 0 Å². The van der Waals surface area contributed by atoms with Gasteiger partial charge in [0.05, 0.1) is 6.20 Å². The minimum atomic E-state index is 0.803. The van der Waals surface area contributed by atoms with E-state index in [2.05, 4.69) is 54.6 Å². The number of rotatable bonds is 4. The van der Waals surface area contributed by atoms with E-state index in [1.54, 1.807) is 0 Å². The fourth-order valence-corrected chi connectivity index (χ4v) is 3.67. The highest BCUT2D eigenvalue weighted by molar-refractivity contribution is 5.79. The quantitative estimate of drug-likeness (QED) is 0.679. The van der Waals surface area contributed by atoms with Crippen LogP contribution in [-0.4, -0.2) is 52.7 Å². The first kappa shape index (κ1) is 16.8. The van der Waals surface area contributed by atoms with E-state index in [0.29, 0.717) is 0 Å². The van der Waals surface area contributed by atoms with Crippen molar-refractivity contribution in [2.24, 2.45) is 0 Å². The van der Waals surface area contributed by atoms with Crippen molar-refractivity contribution in [2.75, 3.05) is 38.1 Å². The molecule has 3 aromatic rings. The molecule has 1 saturated heterocycles. The first-order chi connectivity index (χ1) is 12.7. The Kier molecular flexibility index (Phi) is 4.47. The molecule has 5 heteroatoms. The predicted octanol–water partition coefficient (Wildman–Crippen LogP) is 3.19. The summed E-state index contributed by atoms with van der Waals surface area (Å²) in [4.78, 5) is 9.73. The number of benzene rings is 1. The largest absolute Gasteiger partial charge is 0.354 e. The molecule has 1 aliphatic rings. The van der Waals surface area contributed by atoms with Crippen molar-refractivity contribution in [3.63, 3.8) is 0 Å². The summed E-state index contributed by atoms with van der Waals surface area (Å²) in [5.41, 5.74) is 5.43. The first-order valence-electron chi connectivity index (χ1n) is 9.16. The van der Waals surface area contributed by atoms with E-state index in [0.717, 1.165) is 55.1 Å². The monoisotopic (exact) mass is 347 g/mol. The molecule has 0 amide bonds. The average molecular weight is 347 g/mol. The summed E-state index contributed by atoms with van der Waals surface area (Å²) in [6.45, 7) is 10.2. The lowest BCUT2D eigenvalue weighted by Gasteiger charge is -2.35. The van der Waals surface area contributed by atoms with Gasteiger partial charge in [0.2, 0.25) is 0 Å². The van der Waals surface area contributed by atoms with Crippen LogP contribution in [0.5, 0.6) is 0 Å². The first-order valence-corrected chi connectivity index (χ1v) is 9.16. The molecule has 0 atom stereocenters.